The van der Waals surface area contributed by atoms with Crippen molar-refractivity contribution in [2.75, 3.05) is 0 Å². The second kappa shape index (κ2) is 4.92. The smallest absolute Gasteiger partial charge is 0.160 e. The zero-order valence-corrected chi connectivity index (χ0v) is 14.9. The van der Waals surface area contributed by atoms with Gasteiger partial charge in [-0.05, 0) is 31.2 Å². The number of rotatable bonds is 1. The molecule has 2 aliphatic rings. The van der Waals surface area contributed by atoms with Gasteiger partial charge in [0.05, 0.1) is 6.20 Å². The van der Waals surface area contributed by atoms with Gasteiger partial charge in [-0.25, -0.2) is 0 Å². The second-order valence-electron chi connectivity index (χ2n) is 8.35. The molecule has 0 unspecified atom stereocenters. The summed E-state index contributed by atoms with van der Waals surface area (Å²) in [6.45, 7) is 8.69. The topological polar surface area (TPSA) is 45.8 Å². The van der Waals surface area contributed by atoms with Crippen LogP contribution in [0.2, 0.25) is 0 Å². The number of nitrogens with one attached hydrogen (secondary N) is 1. The Morgan fingerprint density at radius 1 is 1.17 bits per heavy atom. The molecule has 0 amide bonds. The number of H-pyrrole nitrogens is 1. The number of benzene rings is 1. The average molecular weight is 320 g/mol. The van der Waals surface area contributed by atoms with Gasteiger partial charge in [0.2, 0.25) is 0 Å². The summed E-state index contributed by atoms with van der Waals surface area (Å²) in [4.78, 5) is 13.2. The molecule has 0 aliphatic heterocycles. The summed E-state index contributed by atoms with van der Waals surface area (Å²) in [5, 5.41) is 7.48. The van der Waals surface area contributed by atoms with Crippen molar-refractivity contribution in [3.05, 3.63) is 64.0 Å². The van der Waals surface area contributed by atoms with Crippen LogP contribution in [0, 0.1) is 12.3 Å². The fourth-order valence-electron chi connectivity index (χ4n) is 4.71. The highest BCUT2D eigenvalue weighted by Crippen LogP contribution is 2.51. The molecule has 0 spiro atoms. The zero-order valence-electron chi connectivity index (χ0n) is 14.9. The van der Waals surface area contributed by atoms with Gasteiger partial charge in [0.25, 0.3) is 0 Å². The number of carbonyl (C=O) groups excluding carboxylic acids is 1. The summed E-state index contributed by atoms with van der Waals surface area (Å²) >= 11 is 0. The highest BCUT2D eigenvalue weighted by Gasteiger charge is 2.47. The molecule has 1 atom stereocenters. The minimum Gasteiger partial charge on any atom is -0.294 e. The van der Waals surface area contributed by atoms with Gasteiger partial charge in [0.1, 0.15) is 0 Å². The van der Waals surface area contributed by atoms with E-state index in [2.05, 4.69) is 62.2 Å². The number of allylic oxidation sites excluding steroid dienone is 2. The molecule has 1 aromatic carbocycles. The minimum atomic E-state index is -0.407. The van der Waals surface area contributed by atoms with Crippen molar-refractivity contribution in [3.8, 4) is 0 Å². The van der Waals surface area contributed by atoms with E-state index in [1.54, 1.807) is 0 Å². The maximum absolute atomic E-state index is 13.2. The quantitative estimate of drug-likeness (QED) is 0.853. The van der Waals surface area contributed by atoms with E-state index in [1.807, 2.05) is 6.20 Å². The molecule has 1 heterocycles. The molecular formula is C21H24N2O. The van der Waals surface area contributed by atoms with Crippen LogP contribution in [0.1, 0.15) is 56.0 Å². The standard InChI is InChI=1S/C21H24N2O/c1-13-6-5-7-15(8-13)21(4)16-12-22-23-17(16)9-14-10-20(2,3)11-18(24)19(14)21/h5-8,12H,9-11H2,1-4H3,(H,22,23)/t21-/m0/s1. The third kappa shape index (κ3) is 2.10. The van der Waals surface area contributed by atoms with Crippen LogP contribution in [0.3, 0.4) is 0 Å². The largest absolute Gasteiger partial charge is 0.294 e. The summed E-state index contributed by atoms with van der Waals surface area (Å²) in [7, 11) is 0. The lowest BCUT2D eigenvalue weighted by molar-refractivity contribution is -0.118. The van der Waals surface area contributed by atoms with E-state index in [9.17, 15) is 4.79 Å². The number of nitrogens with zero attached hydrogens (tertiary/aromatic N) is 1. The zero-order chi connectivity index (χ0) is 17.1. The Labute approximate surface area is 143 Å². The highest BCUT2D eigenvalue weighted by atomic mass is 16.1. The predicted octanol–water partition coefficient (Wildman–Crippen LogP) is 4.27. The van der Waals surface area contributed by atoms with E-state index in [1.165, 1.54) is 16.7 Å². The van der Waals surface area contributed by atoms with Gasteiger partial charge >= 0.3 is 0 Å². The van der Waals surface area contributed by atoms with Crippen LogP contribution in [-0.4, -0.2) is 16.0 Å². The number of aryl methyl sites for hydroxylation is 1. The second-order valence-corrected chi connectivity index (χ2v) is 8.35. The van der Waals surface area contributed by atoms with Gasteiger partial charge in [-0.15, -0.1) is 0 Å². The third-order valence-corrected chi connectivity index (χ3v) is 5.71. The van der Waals surface area contributed by atoms with Crippen molar-refractivity contribution in [1.82, 2.24) is 10.2 Å². The number of fused-ring (bicyclic) bond motifs is 1. The first kappa shape index (κ1) is 15.4. The maximum Gasteiger partial charge on any atom is 0.160 e. The number of aromatic amines is 1. The van der Waals surface area contributed by atoms with Crippen LogP contribution < -0.4 is 0 Å². The lowest BCUT2D eigenvalue weighted by Crippen LogP contribution is -2.40. The Balaban J connectivity index is 2.00. The van der Waals surface area contributed by atoms with Gasteiger partial charge in [0.15, 0.2) is 5.78 Å². The molecule has 1 aromatic heterocycles. The number of hydrogen-bond acceptors (Lipinski definition) is 2. The molecule has 124 valence electrons. The third-order valence-electron chi connectivity index (χ3n) is 5.71. The van der Waals surface area contributed by atoms with Gasteiger partial charge in [0, 0.05) is 35.1 Å². The van der Waals surface area contributed by atoms with Crippen LogP contribution in [0.15, 0.2) is 41.6 Å². The first-order chi connectivity index (χ1) is 11.3. The lowest BCUT2D eigenvalue weighted by atomic mass is 9.59. The summed E-state index contributed by atoms with van der Waals surface area (Å²) in [6.07, 6.45) is 4.34. The highest BCUT2D eigenvalue weighted by molar-refractivity contribution is 6.01. The van der Waals surface area contributed by atoms with E-state index in [-0.39, 0.29) is 5.41 Å². The van der Waals surface area contributed by atoms with Crippen LogP contribution in [-0.2, 0) is 16.6 Å². The van der Waals surface area contributed by atoms with Crippen molar-refractivity contribution < 1.29 is 4.79 Å². The van der Waals surface area contributed by atoms with Crippen LogP contribution in [0.25, 0.3) is 0 Å². The van der Waals surface area contributed by atoms with Crippen molar-refractivity contribution in [1.29, 1.82) is 0 Å². The average Bonchev–Trinajstić information content (AvgIpc) is 2.94. The van der Waals surface area contributed by atoms with Gasteiger partial charge < -0.3 is 0 Å². The van der Waals surface area contributed by atoms with Crippen LogP contribution in [0.4, 0.5) is 0 Å². The fraction of sp³-hybridized carbons (Fsp3) is 0.429. The molecular weight excluding hydrogens is 296 g/mol. The van der Waals surface area contributed by atoms with E-state index in [4.69, 9.17) is 0 Å². The molecule has 4 rings (SSSR count). The molecule has 0 saturated heterocycles. The van der Waals surface area contributed by atoms with Gasteiger partial charge in [-0.3, -0.25) is 9.89 Å². The lowest BCUT2D eigenvalue weighted by Gasteiger charge is -2.43. The Morgan fingerprint density at radius 2 is 1.96 bits per heavy atom. The molecule has 1 N–H and O–H groups in total. The van der Waals surface area contributed by atoms with Crippen molar-refractivity contribution in [2.24, 2.45) is 5.41 Å². The summed E-state index contributed by atoms with van der Waals surface area (Å²) in [5.41, 5.74) is 6.65. The predicted molar refractivity (Wildman–Crippen MR) is 95.0 cm³/mol. The molecule has 3 nitrogen and oxygen atoms in total. The summed E-state index contributed by atoms with van der Waals surface area (Å²) in [5.74, 6) is 0.303. The van der Waals surface area contributed by atoms with Crippen molar-refractivity contribution >= 4 is 5.78 Å². The molecule has 0 fully saturated rings. The van der Waals surface area contributed by atoms with Crippen molar-refractivity contribution in [3.63, 3.8) is 0 Å². The SMILES string of the molecule is Cc1cccc([C@]2(C)C3=C(Cc4[nH]ncc42)CC(C)(C)CC3=O)c1. The maximum atomic E-state index is 13.2. The number of carbonyl (C=O) groups is 1. The van der Waals surface area contributed by atoms with Gasteiger partial charge in [-0.1, -0.05) is 49.2 Å². The summed E-state index contributed by atoms with van der Waals surface area (Å²) in [6, 6.07) is 8.54. The Kier molecular flexibility index (Phi) is 3.15. The first-order valence-electron chi connectivity index (χ1n) is 8.67. The molecule has 0 bridgehead atoms. The van der Waals surface area contributed by atoms with Crippen molar-refractivity contribution in [2.45, 2.75) is 52.4 Å². The fourth-order valence-corrected chi connectivity index (χ4v) is 4.71. The van der Waals surface area contributed by atoms with E-state index in [0.29, 0.717) is 12.2 Å². The molecule has 3 heteroatoms. The number of hydrogen-bond donors (Lipinski definition) is 1. The Bertz CT molecular complexity index is 871. The van der Waals surface area contributed by atoms with E-state index >= 15 is 0 Å². The number of Topliss-reactive ketones (excluding diaryl/α,β-unsaturated/α-hetero) is 1. The van der Waals surface area contributed by atoms with E-state index < -0.39 is 5.41 Å². The minimum absolute atomic E-state index is 0.0426. The Hall–Kier alpha value is -2.16. The van der Waals surface area contributed by atoms with E-state index in [0.717, 1.165) is 29.7 Å². The normalized spacial score (nSPS) is 25.4. The van der Waals surface area contributed by atoms with Gasteiger partial charge in [-0.2, -0.15) is 5.10 Å². The number of ketones is 1. The molecule has 0 saturated carbocycles. The molecule has 0 radical (unpaired) electrons. The molecule has 24 heavy (non-hydrogen) atoms. The Morgan fingerprint density at radius 3 is 2.71 bits per heavy atom. The first-order valence-corrected chi connectivity index (χ1v) is 8.67. The molecule has 2 aromatic rings. The van der Waals surface area contributed by atoms with Crippen LogP contribution >= 0.6 is 0 Å². The summed E-state index contributed by atoms with van der Waals surface area (Å²) < 4.78 is 0. The molecule has 2 aliphatic carbocycles. The number of aromatic nitrogens is 2. The monoisotopic (exact) mass is 320 g/mol. The van der Waals surface area contributed by atoms with Crippen LogP contribution in [0.5, 0.6) is 0 Å².